The Bertz CT molecular complexity index is 475. The molecule has 1 rings (SSSR count). The van der Waals surface area contributed by atoms with E-state index in [1.807, 2.05) is 17.5 Å². The fourth-order valence-electron chi connectivity index (χ4n) is 1.56. The molecule has 0 aromatic carbocycles. The normalized spacial score (nSPS) is 11.7. The average molecular weight is 299 g/mol. The molecule has 0 aliphatic heterocycles. The number of hydrogen-bond donors (Lipinski definition) is 3. The molecular weight excluding hydrogens is 282 g/mol. The van der Waals surface area contributed by atoms with Crippen LogP contribution in [0.5, 0.6) is 0 Å². The average Bonchev–Trinajstić information content (AvgIpc) is 2.87. The number of carbonyl (C=O) groups is 3. The van der Waals surface area contributed by atoms with Crippen LogP contribution in [0, 0.1) is 0 Å². The molecule has 1 heterocycles. The van der Waals surface area contributed by atoms with E-state index in [-0.39, 0.29) is 0 Å². The molecule has 0 aliphatic carbocycles. The molecule has 3 amide bonds. The van der Waals surface area contributed by atoms with Gasteiger partial charge in [0.2, 0.25) is 5.91 Å². The van der Waals surface area contributed by atoms with Crippen molar-refractivity contribution in [2.75, 3.05) is 6.54 Å². The molecule has 0 radical (unpaired) electrons. The second kappa shape index (κ2) is 7.49. The van der Waals surface area contributed by atoms with E-state index in [9.17, 15) is 14.4 Å². The lowest BCUT2D eigenvalue weighted by atomic mass is 10.2. The zero-order valence-electron chi connectivity index (χ0n) is 11.0. The zero-order valence-corrected chi connectivity index (χ0v) is 11.9. The Kier molecular flexibility index (Phi) is 5.98. The molecule has 4 N–H and O–H groups in total. The lowest BCUT2D eigenvalue weighted by Crippen LogP contribution is -2.49. The van der Waals surface area contributed by atoms with Gasteiger partial charge in [-0.05, 0) is 18.4 Å². The van der Waals surface area contributed by atoms with Crippen molar-refractivity contribution in [3.05, 3.63) is 22.4 Å². The summed E-state index contributed by atoms with van der Waals surface area (Å²) in [6.07, 6.45) is -0.433. The number of amides is 3. The van der Waals surface area contributed by atoms with Gasteiger partial charge in [0.15, 0.2) is 0 Å². The van der Waals surface area contributed by atoms with E-state index < -0.39 is 30.4 Å². The fourth-order valence-corrected chi connectivity index (χ4v) is 2.28. The number of thiophene rings is 1. The lowest BCUT2D eigenvalue weighted by Gasteiger charge is -2.23. The Labute approximate surface area is 120 Å². The van der Waals surface area contributed by atoms with Gasteiger partial charge in [-0.15, -0.1) is 11.3 Å². The van der Waals surface area contributed by atoms with Crippen LogP contribution in [0.25, 0.3) is 0 Å². The third-order valence-electron chi connectivity index (χ3n) is 2.60. The maximum absolute atomic E-state index is 12.0. The summed E-state index contributed by atoms with van der Waals surface area (Å²) in [7, 11) is 0. The SMILES string of the molecule is CCN(Cc1cccs1)C(=O)NC(CC(N)=O)C(=O)O. The molecule has 110 valence electrons. The van der Waals surface area contributed by atoms with Crippen molar-refractivity contribution in [2.24, 2.45) is 5.73 Å². The first-order valence-electron chi connectivity index (χ1n) is 6.03. The van der Waals surface area contributed by atoms with Gasteiger partial charge in [0.25, 0.3) is 0 Å². The van der Waals surface area contributed by atoms with E-state index >= 15 is 0 Å². The third-order valence-corrected chi connectivity index (χ3v) is 3.46. The molecule has 1 aromatic heterocycles. The van der Waals surface area contributed by atoms with Crippen LogP contribution in [0.1, 0.15) is 18.2 Å². The molecule has 0 spiro atoms. The highest BCUT2D eigenvalue weighted by molar-refractivity contribution is 7.09. The van der Waals surface area contributed by atoms with Crippen molar-refractivity contribution in [1.29, 1.82) is 0 Å². The molecule has 7 nitrogen and oxygen atoms in total. The van der Waals surface area contributed by atoms with Gasteiger partial charge in [-0.25, -0.2) is 9.59 Å². The van der Waals surface area contributed by atoms with Crippen molar-refractivity contribution in [1.82, 2.24) is 10.2 Å². The van der Waals surface area contributed by atoms with Crippen molar-refractivity contribution in [2.45, 2.75) is 25.9 Å². The van der Waals surface area contributed by atoms with Crippen LogP contribution >= 0.6 is 11.3 Å². The number of aliphatic carboxylic acids is 1. The predicted octanol–water partition coefficient (Wildman–Crippen LogP) is 0.608. The Balaban J connectivity index is 2.65. The maximum Gasteiger partial charge on any atom is 0.326 e. The first kappa shape index (κ1) is 16.0. The Morgan fingerprint density at radius 2 is 2.20 bits per heavy atom. The highest BCUT2D eigenvalue weighted by Crippen LogP contribution is 2.12. The summed E-state index contributed by atoms with van der Waals surface area (Å²) in [6.45, 7) is 2.60. The summed E-state index contributed by atoms with van der Waals surface area (Å²) in [5, 5.41) is 13.1. The second-order valence-electron chi connectivity index (χ2n) is 4.10. The minimum atomic E-state index is -1.31. The summed E-state index contributed by atoms with van der Waals surface area (Å²) in [5.74, 6) is -2.07. The van der Waals surface area contributed by atoms with Gasteiger partial charge in [0.05, 0.1) is 13.0 Å². The van der Waals surface area contributed by atoms with E-state index in [2.05, 4.69) is 5.32 Å². The quantitative estimate of drug-likeness (QED) is 0.684. The van der Waals surface area contributed by atoms with Crippen molar-refractivity contribution < 1.29 is 19.5 Å². The summed E-state index contributed by atoms with van der Waals surface area (Å²) >= 11 is 1.51. The number of carboxylic acids is 1. The van der Waals surface area contributed by atoms with Gasteiger partial charge in [-0.3, -0.25) is 4.79 Å². The van der Waals surface area contributed by atoms with Gasteiger partial charge < -0.3 is 21.1 Å². The van der Waals surface area contributed by atoms with Crippen LogP contribution in [-0.4, -0.2) is 40.5 Å². The molecule has 0 aliphatic rings. The summed E-state index contributed by atoms with van der Waals surface area (Å²) in [4.78, 5) is 36.2. The van der Waals surface area contributed by atoms with E-state index in [1.54, 1.807) is 6.92 Å². The zero-order chi connectivity index (χ0) is 15.1. The second-order valence-corrected chi connectivity index (χ2v) is 5.14. The van der Waals surface area contributed by atoms with Crippen LogP contribution in [0.2, 0.25) is 0 Å². The highest BCUT2D eigenvalue weighted by atomic mass is 32.1. The van der Waals surface area contributed by atoms with Crippen LogP contribution in [0.4, 0.5) is 4.79 Å². The smallest absolute Gasteiger partial charge is 0.326 e. The van der Waals surface area contributed by atoms with Crippen LogP contribution in [-0.2, 0) is 16.1 Å². The van der Waals surface area contributed by atoms with Gasteiger partial charge in [0, 0.05) is 11.4 Å². The number of urea groups is 1. The predicted molar refractivity (Wildman–Crippen MR) is 74.2 cm³/mol. The molecule has 0 saturated heterocycles. The molecule has 8 heteroatoms. The minimum absolute atomic E-state index is 0.392. The van der Waals surface area contributed by atoms with E-state index in [0.29, 0.717) is 13.1 Å². The van der Waals surface area contributed by atoms with Crippen LogP contribution in [0.3, 0.4) is 0 Å². The maximum atomic E-state index is 12.0. The summed E-state index contributed by atoms with van der Waals surface area (Å²) < 4.78 is 0. The summed E-state index contributed by atoms with van der Waals surface area (Å²) in [6, 6.07) is 1.92. The molecule has 0 saturated carbocycles. The molecule has 1 atom stereocenters. The largest absolute Gasteiger partial charge is 0.480 e. The Morgan fingerprint density at radius 3 is 2.65 bits per heavy atom. The lowest BCUT2D eigenvalue weighted by molar-refractivity contribution is -0.140. The first-order valence-corrected chi connectivity index (χ1v) is 6.91. The number of hydrogen-bond acceptors (Lipinski definition) is 4. The van der Waals surface area contributed by atoms with E-state index in [1.165, 1.54) is 16.2 Å². The number of carboxylic acid groups (broad SMARTS) is 1. The monoisotopic (exact) mass is 299 g/mol. The van der Waals surface area contributed by atoms with Crippen molar-refractivity contribution >= 4 is 29.2 Å². The fraction of sp³-hybridized carbons (Fsp3) is 0.417. The number of nitrogens with one attached hydrogen (secondary N) is 1. The molecule has 1 unspecified atom stereocenters. The highest BCUT2D eigenvalue weighted by Gasteiger charge is 2.24. The van der Waals surface area contributed by atoms with E-state index in [0.717, 1.165) is 4.88 Å². The summed E-state index contributed by atoms with van der Waals surface area (Å²) in [5.41, 5.74) is 4.96. The van der Waals surface area contributed by atoms with E-state index in [4.69, 9.17) is 10.8 Å². The number of rotatable bonds is 7. The van der Waals surface area contributed by atoms with Gasteiger partial charge >= 0.3 is 12.0 Å². The number of nitrogens with two attached hydrogens (primary N) is 1. The van der Waals surface area contributed by atoms with Gasteiger partial charge in [-0.2, -0.15) is 0 Å². The Hall–Kier alpha value is -2.09. The van der Waals surface area contributed by atoms with Gasteiger partial charge in [0.1, 0.15) is 6.04 Å². The third kappa shape index (κ3) is 4.88. The topological polar surface area (TPSA) is 113 Å². The molecular formula is C12H17N3O4S. The molecule has 0 bridgehead atoms. The first-order chi connectivity index (χ1) is 9.43. The standard InChI is InChI=1S/C12H17N3O4S/c1-2-15(7-8-4-3-5-20-8)12(19)14-9(11(17)18)6-10(13)16/h3-5,9H,2,6-7H2,1H3,(H2,13,16)(H,14,19)(H,17,18). The van der Waals surface area contributed by atoms with Crippen molar-refractivity contribution in [3.8, 4) is 0 Å². The number of nitrogens with zero attached hydrogens (tertiary/aromatic N) is 1. The van der Waals surface area contributed by atoms with Crippen LogP contribution in [0.15, 0.2) is 17.5 Å². The molecule has 20 heavy (non-hydrogen) atoms. The van der Waals surface area contributed by atoms with Crippen LogP contribution < -0.4 is 11.1 Å². The molecule has 0 fully saturated rings. The minimum Gasteiger partial charge on any atom is -0.480 e. The Morgan fingerprint density at radius 1 is 1.50 bits per heavy atom. The number of primary amides is 1. The van der Waals surface area contributed by atoms with Crippen molar-refractivity contribution in [3.63, 3.8) is 0 Å². The van der Waals surface area contributed by atoms with Gasteiger partial charge in [-0.1, -0.05) is 6.07 Å². The molecule has 1 aromatic rings. The number of carbonyl (C=O) groups excluding carboxylic acids is 2.